The Morgan fingerprint density at radius 3 is 2.67 bits per heavy atom. The minimum atomic E-state index is 0.244. The van der Waals surface area contributed by atoms with Crippen LogP contribution in [-0.4, -0.2) is 30.3 Å². The predicted octanol–water partition coefficient (Wildman–Crippen LogP) is 1.28. The van der Waals surface area contributed by atoms with Crippen LogP contribution in [0.25, 0.3) is 0 Å². The van der Waals surface area contributed by atoms with Gasteiger partial charge in [-0.15, -0.1) is 0 Å². The van der Waals surface area contributed by atoms with Gasteiger partial charge in [-0.05, 0) is 26.0 Å². The molecule has 1 saturated heterocycles. The largest absolute Gasteiger partial charge is 0.382 e. The zero-order chi connectivity index (χ0) is 10.8. The Morgan fingerprint density at radius 1 is 1.40 bits per heavy atom. The van der Waals surface area contributed by atoms with Crippen molar-refractivity contribution in [1.82, 2.24) is 4.98 Å². The molecule has 1 aromatic rings. The molecule has 0 saturated carbocycles. The maximum Gasteiger partial charge on any atom is 0.146 e. The van der Waals surface area contributed by atoms with Crippen LogP contribution in [0.15, 0.2) is 18.3 Å². The van der Waals surface area contributed by atoms with Gasteiger partial charge in [-0.3, -0.25) is 0 Å². The number of rotatable bonds is 1. The lowest BCUT2D eigenvalue weighted by atomic mass is 10.2. The Balaban J connectivity index is 2.20. The topological polar surface area (TPSA) is 51.4 Å². The summed E-state index contributed by atoms with van der Waals surface area (Å²) in [5, 5.41) is 0. The van der Waals surface area contributed by atoms with E-state index in [1.54, 1.807) is 6.20 Å². The predicted molar refractivity (Wildman–Crippen MR) is 60.9 cm³/mol. The number of ether oxygens (including phenoxy) is 1. The van der Waals surface area contributed by atoms with Crippen LogP contribution >= 0.6 is 0 Å². The first kappa shape index (κ1) is 10.2. The van der Waals surface area contributed by atoms with Gasteiger partial charge in [0.2, 0.25) is 0 Å². The Hall–Kier alpha value is -1.29. The minimum Gasteiger partial charge on any atom is -0.382 e. The van der Waals surface area contributed by atoms with E-state index in [-0.39, 0.29) is 12.2 Å². The van der Waals surface area contributed by atoms with E-state index in [1.807, 2.05) is 12.1 Å². The third-order valence-corrected chi connectivity index (χ3v) is 2.58. The fourth-order valence-electron chi connectivity index (χ4n) is 2.05. The van der Waals surface area contributed by atoms with Gasteiger partial charge >= 0.3 is 0 Å². The van der Waals surface area contributed by atoms with Gasteiger partial charge in [0.05, 0.1) is 17.9 Å². The summed E-state index contributed by atoms with van der Waals surface area (Å²) < 4.78 is 5.67. The van der Waals surface area contributed by atoms with Crippen molar-refractivity contribution < 1.29 is 4.74 Å². The molecule has 2 rings (SSSR count). The Bertz CT molecular complexity index is 332. The van der Waals surface area contributed by atoms with Gasteiger partial charge in [0.1, 0.15) is 5.82 Å². The van der Waals surface area contributed by atoms with E-state index >= 15 is 0 Å². The van der Waals surface area contributed by atoms with Gasteiger partial charge in [0, 0.05) is 19.3 Å². The molecule has 0 aromatic carbocycles. The van der Waals surface area contributed by atoms with Crippen LogP contribution in [-0.2, 0) is 4.74 Å². The normalized spacial score (nSPS) is 26.7. The molecule has 1 aliphatic heterocycles. The summed E-state index contributed by atoms with van der Waals surface area (Å²) in [5.41, 5.74) is 6.86. The van der Waals surface area contributed by atoms with Crippen molar-refractivity contribution in [2.75, 3.05) is 23.7 Å². The van der Waals surface area contributed by atoms with Crippen LogP contribution in [0.5, 0.6) is 0 Å². The third kappa shape index (κ3) is 2.21. The van der Waals surface area contributed by atoms with Crippen LogP contribution in [0.2, 0.25) is 0 Å². The Morgan fingerprint density at radius 2 is 2.07 bits per heavy atom. The molecule has 0 radical (unpaired) electrons. The lowest BCUT2D eigenvalue weighted by molar-refractivity contribution is -0.00518. The molecule has 0 spiro atoms. The lowest BCUT2D eigenvalue weighted by Gasteiger charge is -2.37. The smallest absolute Gasteiger partial charge is 0.146 e. The monoisotopic (exact) mass is 207 g/mol. The van der Waals surface area contributed by atoms with Crippen LogP contribution < -0.4 is 10.6 Å². The summed E-state index contributed by atoms with van der Waals surface area (Å²) in [4.78, 5) is 6.34. The SMILES string of the molecule is CC1CN(c2cccnc2N)CC(C)O1. The average Bonchev–Trinajstić information content (AvgIpc) is 2.16. The second kappa shape index (κ2) is 4.06. The first-order chi connectivity index (χ1) is 7.16. The number of nitrogens with two attached hydrogens (primary N) is 1. The number of morpholine rings is 1. The molecule has 2 unspecified atom stereocenters. The summed E-state index contributed by atoms with van der Waals surface area (Å²) in [6.45, 7) is 5.91. The van der Waals surface area contributed by atoms with E-state index in [9.17, 15) is 0 Å². The average molecular weight is 207 g/mol. The summed E-state index contributed by atoms with van der Waals surface area (Å²) in [6.07, 6.45) is 2.20. The first-order valence-corrected chi connectivity index (χ1v) is 5.27. The molecule has 15 heavy (non-hydrogen) atoms. The quantitative estimate of drug-likeness (QED) is 0.753. The van der Waals surface area contributed by atoms with Crippen LogP contribution in [0, 0.1) is 0 Å². The molecular formula is C11H17N3O. The number of nitrogen functional groups attached to an aromatic ring is 1. The highest BCUT2D eigenvalue weighted by atomic mass is 16.5. The van der Waals surface area contributed by atoms with E-state index in [1.165, 1.54) is 0 Å². The summed E-state index contributed by atoms with van der Waals surface area (Å²) >= 11 is 0. The molecule has 82 valence electrons. The first-order valence-electron chi connectivity index (χ1n) is 5.27. The van der Waals surface area contributed by atoms with E-state index < -0.39 is 0 Å². The number of pyridine rings is 1. The lowest BCUT2D eigenvalue weighted by Crippen LogP contribution is -2.45. The molecular weight excluding hydrogens is 190 g/mol. The molecule has 1 fully saturated rings. The number of hydrogen-bond acceptors (Lipinski definition) is 4. The summed E-state index contributed by atoms with van der Waals surface area (Å²) in [5.74, 6) is 0.596. The molecule has 4 heteroatoms. The van der Waals surface area contributed by atoms with E-state index in [0.717, 1.165) is 18.8 Å². The Kier molecular flexibility index (Phi) is 2.77. The fraction of sp³-hybridized carbons (Fsp3) is 0.545. The van der Waals surface area contributed by atoms with E-state index in [2.05, 4.69) is 23.7 Å². The van der Waals surface area contributed by atoms with Gasteiger partial charge in [0.25, 0.3) is 0 Å². The zero-order valence-electron chi connectivity index (χ0n) is 9.18. The molecule has 0 bridgehead atoms. The van der Waals surface area contributed by atoms with Gasteiger partial charge in [-0.25, -0.2) is 4.98 Å². The van der Waals surface area contributed by atoms with Crippen molar-refractivity contribution >= 4 is 11.5 Å². The zero-order valence-corrected chi connectivity index (χ0v) is 9.18. The summed E-state index contributed by atoms with van der Waals surface area (Å²) in [7, 11) is 0. The van der Waals surface area contributed by atoms with Gasteiger partial charge in [-0.2, -0.15) is 0 Å². The van der Waals surface area contributed by atoms with Crippen molar-refractivity contribution in [2.24, 2.45) is 0 Å². The van der Waals surface area contributed by atoms with E-state index in [0.29, 0.717) is 5.82 Å². The third-order valence-electron chi connectivity index (χ3n) is 2.58. The number of anilines is 2. The molecule has 0 aliphatic carbocycles. The maximum absolute atomic E-state index is 5.85. The molecule has 2 N–H and O–H groups in total. The molecule has 1 aromatic heterocycles. The van der Waals surface area contributed by atoms with Gasteiger partial charge in [-0.1, -0.05) is 0 Å². The standard InChI is InChI=1S/C11H17N3O/c1-8-6-14(7-9(2)15-8)10-4-3-5-13-11(10)12/h3-5,8-9H,6-7H2,1-2H3,(H2,12,13). The highest BCUT2D eigenvalue weighted by molar-refractivity contribution is 5.63. The minimum absolute atomic E-state index is 0.244. The second-order valence-electron chi connectivity index (χ2n) is 4.07. The van der Waals surface area contributed by atoms with Gasteiger partial charge < -0.3 is 15.4 Å². The van der Waals surface area contributed by atoms with Crippen LogP contribution in [0.3, 0.4) is 0 Å². The van der Waals surface area contributed by atoms with Crippen molar-refractivity contribution in [3.63, 3.8) is 0 Å². The molecule has 2 atom stereocenters. The van der Waals surface area contributed by atoms with Gasteiger partial charge in [0.15, 0.2) is 0 Å². The number of nitrogens with zero attached hydrogens (tertiary/aromatic N) is 2. The van der Waals surface area contributed by atoms with Crippen molar-refractivity contribution in [2.45, 2.75) is 26.1 Å². The molecule has 1 aliphatic rings. The van der Waals surface area contributed by atoms with Crippen molar-refractivity contribution in [3.05, 3.63) is 18.3 Å². The molecule has 0 amide bonds. The van der Waals surface area contributed by atoms with Crippen molar-refractivity contribution in [3.8, 4) is 0 Å². The van der Waals surface area contributed by atoms with E-state index in [4.69, 9.17) is 10.5 Å². The number of aromatic nitrogens is 1. The summed E-state index contributed by atoms with van der Waals surface area (Å²) in [6, 6.07) is 3.92. The van der Waals surface area contributed by atoms with Crippen LogP contribution in [0.4, 0.5) is 11.5 Å². The highest BCUT2D eigenvalue weighted by Crippen LogP contribution is 2.24. The number of hydrogen-bond donors (Lipinski definition) is 1. The van der Waals surface area contributed by atoms with Crippen molar-refractivity contribution in [1.29, 1.82) is 0 Å². The molecule has 4 nitrogen and oxygen atoms in total. The second-order valence-corrected chi connectivity index (χ2v) is 4.07. The Labute approximate surface area is 90.0 Å². The molecule has 2 heterocycles. The highest BCUT2D eigenvalue weighted by Gasteiger charge is 2.23. The van der Waals surface area contributed by atoms with Crippen LogP contribution in [0.1, 0.15) is 13.8 Å². The maximum atomic E-state index is 5.85. The fourth-order valence-corrected chi connectivity index (χ4v) is 2.05.